The van der Waals surface area contributed by atoms with E-state index in [2.05, 4.69) is 12.3 Å². The molecule has 0 aromatic heterocycles. The number of ketones is 1. The van der Waals surface area contributed by atoms with Crippen molar-refractivity contribution in [1.82, 2.24) is 0 Å². The first kappa shape index (κ1) is 25.0. The number of nitrogens with zero attached hydrogens (tertiary/aromatic N) is 1. The molecule has 1 aliphatic rings. The summed E-state index contributed by atoms with van der Waals surface area (Å²) >= 11 is 1.43. The lowest BCUT2D eigenvalue weighted by Gasteiger charge is -2.21. The molecule has 0 aromatic rings. The largest absolute Gasteiger partial charge is 0.466 e. The summed E-state index contributed by atoms with van der Waals surface area (Å²) in [4.78, 5) is 23.7. The number of unbranched alkanes of at least 4 members (excludes halogenated alkanes) is 5. The Balaban J connectivity index is 2.27. The van der Waals surface area contributed by atoms with Crippen LogP contribution in [0.25, 0.3) is 0 Å². The Morgan fingerprint density at radius 3 is 2.64 bits per heavy atom. The first-order valence-electron chi connectivity index (χ1n) is 11.3. The lowest BCUT2D eigenvalue weighted by molar-refractivity contribution is -0.143. The van der Waals surface area contributed by atoms with Gasteiger partial charge >= 0.3 is 5.97 Å². The minimum Gasteiger partial charge on any atom is -0.466 e. The van der Waals surface area contributed by atoms with Crippen LogP contribution < -0.4 is 0 Å². The minimum absolute atomic E-state index is 0.0998. The fraction of sp³-hybridized carbons (Fsp3) is 0.870. The Hall–Kier alpha value is -1.02. The van der Waals surface area contributed by atoms with Crippen molar-refractivity contribution in [3.63, 3.8) is 0 Å². The van der Waals surface area contributed by atoms with Gasteiger partial charge in [0.15, 0.2) is 0 Å². The molecule has 0 aliphatic heterocycles. The number of hydrogen-bond donors (Lipinski definition) is 0. The molecule has 1 fully saturated rings. The SMILES string of the molecule is CCCCCC(CC[C@H]1CCC(=O)[C@@H]1CCCCCCC(=O)OCC)SC#N. The van der Waals surface area contributed by atoms with E-state index in [4.69, 9.17) is 10.00 Å². The number of carbonyl (C=O) groups is 2. The molecular formula is C23H39NO3S. The van der Waals surface area contributed by atoms with Crippen molar-refractivity contribution in [1.29, 1.82) is 5.26 Å². The smallest absolute Gasteiger partial charge is 0.305 e. The molecule has 0 bridgehead atoms. The maximum Gasteiger partial charge on any atom is 0.305 e. The first-order valence-corrected chi connectivity index (χ1v) is 12.2. The molecule has 1 aliphatic carbocycles. The number of ether oxygens (including phenoxy) is 1. The van der Waals surface area contributed by atoms with Crippen LogP contribution in [0.5, 0.6) is 0 Å². The van der Waals surface area contributed by atoms with Crippen LogP contribution >= 0.6 is 11.8 Å². The molecule has 28 heavy (non-hydrogen) atoms. The normalized spacial score (nSPS) is 20.1. The van der Waals surface area contributed by atoms with Crippen molar-refractivity contribution in [3.8, 4) is 5.40 Å². The zero-order chi connectivity index (χ0) is 20.6. The van der Waals surface area contributed by atoms with Crippen molar-refractivity contribution < 1.29 is 14.3 Å². The van der Waals surface area contributed by atoms with Gasteiger partial charge in [0.25, 0.3) is 0 Å². The maximum absolute atomic E-state index is 12.3. The third-order valence-corrected chi connectivity index (χ3v) is 6.81. The summed E-state index contributed by atoms with van der Waals surface area (Å²) in [6.45, 7) is 4.49. The monoisotopic (exact) mass is 409 g/mol. The Morgan fingerprint density at radius 1 is 1.14 bits per heavy atom. The van der Waals surface area contributed by atoms with Crippen LogP contribution in [0.15, 0.2) is 0 Å². The van der Waals surface area contributed by atoms with Crippen molar-refractivity contribution in [3.05, 3.63) is 0 Å². The van der Waals surface area contributed by atoms with Crippen molar-refractivity contribution >= 4 is 23.5 Å². The Labute approximate surface area is 176 Å². The summed E-state index contributed by atoms with van der Waals surface area (Å²) in [5.74, 6) is 1.10. The molecule has 1 rings (SSSR count). The van der Waals surface area contributed by atoms with Crippen LogP contribution in [0.2, 0.25) is 0 Å². The first-order chi connectivity index (χ1) is 13.6. The molecule has 0 radical (unpaired) electrons. The Morgan fingerprint density at radius 2 is 1.93 bits per heavy atom. The summed E-state index contributed by atoms with van der Waals surface area (Å²) in [5.41, 5.74) is 0. The quantitative estimate of drug-likeness (QED) is 0.167. The summed E-state index contributed by atoms with van der Waals surface area (Å²) in [6, 6.07) is 0. The van der Waals surface area contributed by atoms with Crippen LogP contribution in [0, 0.1) is 22.5 Å². The molecular weight excluding hydrogens is 370 g/mol. The zero-order valence-corrected chi connectivity index (χ0v) is 18.7. The van der Waals surface area contributed by atoms with E-state index in [1.165, 1.54) is 31.0 Å². The second kappa shape index (κ2) is 15.9. The topological polar surface area (TPSA) is 67.2 Å². The number of thioether (sulfide) groups is 1. The highest BCUT2D eigenvalue weighted by Crippen LogP contribution is 2.37. The molecule has 5 heteroatoms. The summed E-state index contributed by atoms with van der Waals surface area (Å²) in [5, 5.41) is 11.8. The van der Waals surface area contributed by atoms with Gasteiger partial charge in [-0.1, -0.05) is 45.4 Å². The predicted octanol–water partition coefficient (Wildman–Crippen LogP) is 6.43. The number of esters is 1. The Bertz CT molecular complexity index is 489. The van der Waals surface area contributed by atoms with Gasteiger partial charge in [-0.15, -0.1) is 0 Å². The highest BCUT2D eigenvalue weighted by atomic mass is 32.2. The molecule has 0 amide bonds. The van der Waals surface area contributed by atoms with Crippen molar-refractivity contribution in [2.75, 3.05) is 6.61 Å². The molecule has 0 spiro atoms. The standard InChI is InChI=1S/C23H39NO3S/c1-3-5-8-11-20(28-18-24)16-14-19-15-17-22(25)21(19)12-9-6-7-10-13-23(26)27-4-2/h19-21H,3-17H2,1-2H3/t19-,20?,21+/m0/s1. The third kappa shape index (κ3) is 10.5. The highest BCUT2D eigenvalue weighted by molar-refractivity contribution is 8.04. The van der Waals surface area contributed by atoms with Crippen LogP contribution in [0.3, 0.4) is 0 Å². The van der Waals surface area contributed by atoms with E-state index >= 15 is 0 Å². The van der Waals surface area contributed by atoms with E-state index in [0.29, 0.717) is 30.0 Å². The van der Waals surface area contributed by atoms with Crippen LogP contribution in [0.1, 0.15) is 104 Å². The number of Topliss-reactive ketones (excluding diaryl/α,β-unsaturated/α-hetero) is 1. The molecule has 160 valence electrons. The van der Waals surface area contributed by atoms with Crippen LogP contribution in [0.4, 0.5) is 0 Å². The fourth-order valence-corrected chi connectivity index (χ4v) is 4.99. The van der Waals surface area contributed by atoms with Gasteiger partial charge in [-0.25, -0.2) is 0 Å². The molecule has 0 heterocycles. The molecule has 4 nitrogen and oxygen atoms in total. The van der Waals surface area contributed by atoms with Crippen LogP contribution in [-0.4, -0.2) is 23.6 Å². The van der Waals surface area contributed by atoms with Gasteiger partial charge in [-0.3, -0.25) is 9.59 Å². The molecule has 1 saturated carbocycles. The van der Waals surface area contributed by atoms with E-state index in [1.807, 2.05) is 6.92 Å². The van der Waals surface area contributed by atoms with Gasteiger partial charge in [0.2, 0.25) is 0 Å². The summed E-state index contributed by atoms with van der Waals surface area (Å²) < 4.78 is 4.95. The molecule has 3 atom stereocenters. The zero-order valence-electron chi connectivity index (χ0n) is 17.9. The van der Waals surface area contributed by atoms with Gasteiger partial charge in [0, 0.05) is 24.0 Å². The van der Waals surface area contributed by atoms with E-state index in [-0.39, 0.29) is 11.9 Å². The Kier molecular flexibility index (Phi) is 14.2. The number of hydrogen-bond acceptors (Lipinski definition) is 5. The molecule has 0 N–H and O–H groups in total. The molecule has 1 unspecified atom stereocenters. The maximum atomic E-state index is 12.3. The third-order valence-electron chi connectivity index (χ3n) is 5.90. The van der Waals surface area contributed by atoms with E-state index in [0.717, 1.165) is 64.2 Å². The van der Waals surface area contributed by atoms with Gasteiger partial charge in [-0.05, 0) is 63.1 Å². The lowest BCUT2D eigenvalue weighted by atomic mass is 9.86. The van der Waals surface area contributed by atoms with E-state index < -0.39 is 0 Å². The van der Waals surface area contributed by atoms with E-state index in [1.54, 1.807) is 0 Å². The predicted molar refractivity (Wildman–Crippen MR) is 116 cm³/mol. The highest BCUT2D eigenvalue weighted by Gasteiger charge is 2.33. The number of carbonyl (C=O) groups excluding carboxylic acids is 2. The second-order valence-corrected chi connectivity index (χ2v) is 9.12. The van der Waals surface area contributed by atoms with Gasteiger partial charge in [0.1, 0.15) is 11.2 Å². The number of rotatable bonds is 16. The molecule has 0 aromatic carbocycles. The average molecular weight is 410 g/mol. The summed E-state index contributed by atoms with van der Waals surface area (Å²) in [7, 11) is 0. The minimum atomic E-state index is -0.0998. The van der Waals surface area contributed by atoms with Gasteiger partial charge in [-0.2, -0.15) is 5.26 Å². The fourth-order valence-electron chi connectivity index (χ4n) is 4.30. The summed E-state index contributed by atoms with van der Waals surface area (Å²) in [6.07, 6.45) is 14.3. The second-order valence-electron chi connectivity index (χ2n) is 8.03. The van der Waals surface area contributed by atoms with Crippen molar-refractivity contribution in [2.45, 2.75) is 109 Å². The van der Waals surface area contributed by atoms with Crippen molar-refractivity contribution in [2.24, 2.45) is 11.8 Å². The van der Waals surface area contributed by atoms with Gasteiger partial charge < -0.3 is 4.74 Å². The van der Waals surface area contributed by atoms with E-state index in [9.17, 15) is 9.59 Å². The lowest BCUT2D eigenvalue weighted by Crippen LogP contribution is -2.16. The average Bonchev–Trinajstić information content (AvgIpc) is 3.02. The number of nitriles is 1. The van der Waals surface area contributed by atoms with Gasteiger partial charge in [0.05, 0.1) is 6.61 Å². The number of thiocyanates is 1. The van der Waals surface area contributed by atoms with Crippen LogP contribution in [-0.2, 0) is 14.3 Å². The molecule has 0 saturated heterocycles.